The second-order valence-electron chi connectivity index (χ2n) is 3.04. The number of carbonyl (C=O) groups excluding carboxylic acids is 1. The highest BCUT2D eigenvalue weighted by Gasteiger charge is 2.08. The fourth-order valence-corrected chi connectivity index (χ4v) is 0.850. The summed E-state index contributed by atoms with van der Waals surface area (Å²) in [7, 11) is 3.27. The number of ether oxygens (including phenoxy) is 1. The standard InChI is InChI=1S/C10H11N3O2/c1-13(2)9(14)7-15-10-8(6-11)4-3-5-12-10/h3-5H,7H2,1-2H3. The molecule has 1 rings (SSSR count). The summed E-state index contributed by atoms with van der Waals surface area (Å²) in [6, 6.07) is 5.16. The van der Waals surface area contributed by atoms with E-state index in [1.807, 2.05) is 6.07 Å². The third kappa shape index (κ3) is 2.95. The molecule has 0 saturated carbocycles. The average Bonchev–Trinajstić information content (AvgIpc) is 2.26. The lowest BCUT2D eigenvalue weighted by molar-refractivity contribution is -0.130. The van der Waals surface area contributed by atoms with Crippen molar-refractivity contribution < 1.29 is 9.53 Å². The highest BCUT2D eigenvalue weighted by atomic mass is 16.5. The summed E-state index contributed by atoms with van der Waals surface area (Å²) >= 11 is 0. The Bertz CT molecular complexity index is 396. The SMILES string of the molecule is CN(C)C(=O)COc1ncccc1C#N. The van der Waals surface area contributed by atoms with Gasteiger partial charge in [0.15, 0.2) is 6.61 Å². The zero-order valence-electron chi connectivity index (χ0n) is 8.60. The van der Waals surface area contributed by atoms with Gasteiger partial charge in [0, 0.05) is 20.3 Å². The number of hydrogen-bond donors (Lipinski definition) is 0. The Morgan fingerprint density at radius 3 is 3.00 bits per heavy atom. The van der Waals surface area contributed by atoms with E-state index < -0.39 is 0 Å². The first-order valence-electron chi connectivity index (χ1n) is 4.33. The van der Waals surface area contributed by atoms with Crippen LogP contribution in [-0.2, 0) is 4.79 Å². The van der Waals surface area contributed by atoms with Crippen LogP contribution in [0, 0.1) is 11.3 Å². The fourth-order valence-electron chi connectivity index (χ4n) is 0.850. The molecule has 0 fully saturated rings. The van der Waals surface area contributed by atoms with Gasteiger partial charge in [0.1, 0.15) is 11.6 Å². The molecule has 0 radical (unpaired) electrons. The number of amides is 1. The minimum atomic E-state index is -0.176. The van der Waals surface area contributed by atoms with Crippen molar-refractivity contribution in [1.82, 2.24) is 9.88 Å². The fraction of sp³-hybridized carbons (Fsp3) is 0.300. The second kappa shape index (κ2) is 4.96. The third-order valence-corrected chi connectivity index (χ3v) is 1.72. The Kier molecular flexibility index (Phi) is 3.63. The monoisotopic (exact) mass is 205 g/mol. The van der Waals surface area contributed by atoms with Gasteiger partial charge in [-0.05, 0) is 12.1 Å². The van der Waals surface area contributed by atoms with E-state index in [1.54, 1.807) is 26.2 Å². The van der Waals surface area contributed by atoms with Crippen LogP contribution in [0.1, 0.15) is 5.56 Å². The Hall–Kier alpha value is -2.09. The van der Waals surface area contributed by atoms with Gasteiger partial charge in [-0.3, -0.25) is 4.79 Å². The molecule has 0 atom stereocenters. The number of nitrogens with zero attached hydrogens (tertiary/aromatic N) is 3. The first-order valence-corrected chi connectivity index (χ1v) is 4.33. The molecular weight excluding hydrogens is 194 g/mol. The van der Waals surface area contributed by atoms with Crippen LogP contribution in [-0.4, -0.2) is 36.5 Å². The molecule has 1 aromatic rings. The van der Waals surface area contributed by atoms with Crippen LogP contribution >= 0.6 is 0 Å². The predicted molar refractivity (Wildman–Crippen MR) is 53.1 cm³/mol. The molecule has 1 aromatic heterocycles. The molecule has 0 saturated heterocycles. The van der Waals surface area contributed by atoms with E-state index in [4.69, 9.17) is 10.00 Å². The highest BCUT2D eigenvalue weighted by Crippen LogP contribution is 2.12. The molecule has 0 N–H and O–H groups in total. The van der Waals surface area contributed by atoms with Gasteiger partial charge in [0.05, 0.1) is 0 Å². The van der Waals surface area contributed by atoms with Crippen LogP contribution in [0.5, 0.6) is 5.88 Å². The minimum Gasteiger partial charge on any atom is -0.467 e. The van der Waals surface area contributed by atoms with E-state index in [0.29, 0.717) is 5.56 Å². The molecule has 0 bridgehead atoms. The Morgan fingerprint density at radius 1 is 1.67 bits per heavy atom. The normalized spacial score (nSPS) is 9.13. The van der Waals surface area contributed by atoms with Crippen LogP contribution in [0.2, 0.25) is 0 Å². The largest absolute Gasteiger partial charge is 0.467 e. The van der Waals surface area contributed by atoms with Crippen LogP contribution < -0.4 is 4.74 Å². The molecule has 0 unspecified atom stereocenters. The van der Waals surface area contributed by atoms with E-state index in [-0.39, 0.29) is 18.4 Å². The highest BCUT2D eigenvalue weighted by molar-refractivity contribution is 5.77. The molecule has 5 heteroatoms. The van der Waals surface area contributed by atoms with Crippen molar-refractivity contribution in [3.63, 3.8) is 0 Å². The van der Waals surface area contributed by atoms with Gasteiger partial charge in [-0.1, -0.05) is 0 Å². The topological polar surface area (TPSA) is 66.2 Å². The first kappa shape index (κ1) is 11.0. The van der Waals surface area contributed by atoms with Crippen molar-refractivity contribution in [3.05, 3.63) is 23.9 Å². The van der Waals surface area contributed by atoms with Gasteiger partial charge in [-0.2, -0.15) is 5.26 Å². The van der Waals surface area contributed by atoms with E-state index in [0.717, 1.165) is 0 Å². The number of rotatable bonds is 3. The van der Waals surface area contributed by atoms with Crippen LogP contribution in [0.3, 0.4) is 0 Å². The minimum absolute atomic E-state index is 0.112. The van der Waals surface area contributed by atoms with Crippen molar-refractivity contribution in [2.75, 3.05) is 20.7 Å². The lowest BCUT2D eigenvalue weighted by atomic mass is 10.3. The predicted octanol–water partition coefficient (Wildman–Crippen LogP) is 0.420. The number of hydrogen-bond acceptors (Lipinski definition) is 4. The molecule has 0 aliphatic heterocycles. The van der Waals surface area contributed by atoms with Crippen molar-refractivity contribution in [2.45, 2.75) is 0 Å². The van der Waals surface area contributed by atoms with E-state index in [9.17, 15) is 4.79 Å². The van der Waals surface area contributed by atoms with Gasteiger partial charge >= 0.3 is 0 Å². The van der Waals surface area contributed by atoms with E-state index in [2.05, 4.69) is 4.98 Å². The van der Waals surface area contributed by atoms with Gasteiger partial charge < -0.3 is 9.64 Å². The summed E-state index contributed by atoms with van der Waals surface area (Å²) in [6.07, 6.45) is 1.51. The summed E-state index contributed by atoms with van der Waals surface area (Å²) in [5, 5.41) is 8.73. The van der Waals surface area contributed by atoms with Crippen LogP contribution in [0.25, 0.3) is 0 Å². The molecule has 0 aliphatic rings. The summed E-state index contributed by atoms with van der Waals surface area (Å²) in [4.78, 5) is 16.5. The van der Waals surface area contributed by atoms with Crippen LogP contribution in [0.4, 0.5) is 0 Å². The second-order valence-corrected chi connectivity index (χ2v) is 3.04. The number of carbonyl (C=O) groups is 1. The van der Waals surface area contributed by atoms with Crippen LogP contribution in [0.15, 0.2) is 18.3 Å². The summed E-state index contributed by atoms with van der Waals surface area (Å²) in [6.45, 7) is -0.112. The van der Waals surface area contributed by atoms with E-state index >= 15 is 0 Å². The van der Waals surface area contributed by atoms with Gasteiger partial charge in [0.2, 0.25) is 5.88 Å². The lowest BCUT2D eigenvalue weighted by Gasteiger charge is -2.10. The van der Waals surface area contributed by atoms with Crippen molar-refractivity contribution in [1.29, 1.82) is 5.26 Å². The summed E-state index contributed by atoms with van der Waals surface area (Å²) in [5.74, 6) is 0.0137. The maximum absolute atomic E-state index is 11.2. The zero-order valence-corrected chi connectivity index (χ0v) is 8.60. The van der Waals surface area contributed by atoms with Gasteiger partial charge in [-0.15, -0.1) is 0 Å². The Labute approximate surface area is 87.9 Å². The van der Waals surface area contributed by atoms with Gasteiger partial charge in [0.25, 0.3) is 5.91 Å². The Morgan fingerprint density at radius 2 is 2.40 bits per heavy atom. The maximum Gasteiger partial charge on any atom is 0.260 e. The first-order chi connectivity index (χ1) is 7.15. The number of aromatic nitrogens is 1. The molecular formula is C10H11N3O2. The number of nitriles is 1. The molecule has 1 amide bonds. The van der Waals surface area contributed by atoms with Crippen molar-refractivity contribution in [2.24, 2.45) is 0 Å². The molecule has 0 aliphatic carbocycles. The molecule has 0 spiro atoms. The number of pyridine rings is 1. The van der Waals surface area contributed by atoms with Crippen molar-refractivity contribution in [3.8, 4) is 11.9 Å². The summed E-state index contributed by atoms with van der Waals surface area (Å²) < 4.78 is 5.13. The van der Waals surface area contributed by atoms with Crippen molar-refractivity contribution >= 4 is 5.91 Å². The molecule has 15 heavy (non-hydrogen) atoms. The summed E-state index contributed by atoms with van der Waals surface area (Å²) in [5.41, 5.74) is 0.323. The quantitative estimate of drug-likeness (QED) is 0.717. The Balaban J connectivity index is 2.66. The lowest BCUT2D eigenvalue weighted by Crippen LogP contribution is -2.27. The average molecular weight is 205 g/mol. The zero-order chi connectivity index (χ0) is 11.3. The molecule has 0 aromatic carbocycles. The molecule has 5 nitrogen and oxygen atoms in total. The number of likely N-dealkylation sites (N-methyl/N-ethyl adjacent to an activating group) is 1. The van der Waals surface area contributed by atoms with Gasteiger partial charge in [-0.25, -0.2) is 4.98 Å². The smallest absolute Gasteiger partial charge is 0.260 e. The molecule has 1 heterocycles. The van der Waals surface area contributed by atoms with E-state index in [1.165, 1.54) is 11.1 Å². The third-order valence-electron chi connectivity index (χ3n) is 1.72. The maximum atomic E-state index is 11.2. The molecule has 78 valence electrons.